The molecule has 0 amide bonds. The van der Waals surface area contributed by atoms with Crippen LogP contribution in [-0.2, 0) is 14.3 Å². The Morgan fingerprint density at radius 3 is 2.53 bits per heavy atom. The summed E-state index contributed by atoms with van der Waals surface area (Å²) in [6, 6.07) is 0. The second-order valence-electron chi connectivity index (χ2n) is 4.29. The first-order valence-electron chi connectivity index (χ1n) is 6.58. The van der Waals surface area contributed by atoms with Gasteiger partial charge in [0.25, 0.3) is 0 Å². The van der Waals surface area contributed by atoms with Crippen molar-refractivity contribution in [1.29, 1.82) is 0 Å². The number of ether oxygens (including phenoxy) is 2. The number of esters is 1. The van der Waals surface area contributed by atoms with Crippen molar-refractivity contribution in [3.8, 4) is 0 Å². The fraction of sp³-hybridized carbons (Fsp3) is 0.786. The van der Waals surface area contributed by atoms with Crippen LogP contribution in [0.2, 0.25) is 0 Å². The summed E-state index contributed by atoms with van der Waals surface area (Å²) in [6.07, 6.45) is 6.18. The fourth-order valence-corrected chi connectivity index (χ4v) is 1.48. The van der Waals surface area contributed by atoms with E-state index >= 15 is 0 Å². The molecule has 0 saturated carbocycles. The van der Waals surface area contributed by atoms with Crippen molar-refractivity contribution < 1.29 is 14.3 Å². The number of hydrogen-bond donors (Lipinski definition) is 0. The summed E-state index contributed by atoms with van der Waals surface area (Å²) < 4.78 is 10.4. The van der Waals surface area contributed by atoms with Gasteiger partial charge in [-0.05, 0) is 20.3 Å². The third kappa shape index (κ3) is 8.93. The lowest BCUT2D eigenvalue weighted by Gasteiger charge is -2.13. The maximum atomic E-state index is 11.3. The van der Waals surface area contributed by atoms with Crippen LogP contribution in [0.5, 0.6) is 0 Å². The molecule has 0 spiro atoms. The summed E-state index contributed by atoms with van der Waals surface area (Å²) >= 11 is 0. The summed E-state index contributed by atoms with van der Waals surface area (Å²) in [5.74, 6) is -0.356. The first-order chi connectivity index (χ1) is 8.11. The number of rotatable bonds is 10. The zero-order valence-corrected chi connectivity index (χ0v) is 11.5. The SMILES string of the molecule is C=C(COC(C)CCCCCC)C(=O)OCC. The van der Waals surface area contributed by atoms with E-state index in [2.05, 4.69) is 13.5 Å². The van der Waals surface area contributed by atoms with Crippen molar-refractivity contribution in [3.05, 3.63) is 12.2 Å². The van der Waals surface area contributed by atoms with Gasteiger partial charge in [0.1, 0.15) is 0 Å². The molecular formula is C14H26O3. The molecule has 1 unspecified atom stereocenters. The molecule has 3 heteroatoms. The van der Waals surface area contributed by atoms with E-state index in [-0.39, 0.29) is 18.7 Å². The van der Waals surface area contributed by atoms with Gasteiger partial charge < -0.3 is 9.47 Å². The number of carbonyl (C=O) groups excluding carboxylic acids is 1. The van der Waals surface area contributed by atoms with Crippen molar-refractivity contribution in [2.24, 2.45) is 0 Å². The molecule has 17 heavy (non-hydrogen) atoms. The summed E-state index contributed by atoms with van der Waals surface area (Å²) in [7, 11) is 0. The van der Waals surface area contributed by atoms with Crippen LogP contribution in [0.3, 0.4) is 0 Å². The van der Waals surface area contributed by atoms with E-state index in [0.29, 0.717) is 12.2 Å². The van der Waals surface area contributed by atoms with E-state index in [4.69, 9.17) is 9.47 Å². The molecule has 0 rings (SSSR count). The van der Waals surface area contributed by atoms with E-state index in [9.17, 15) is 4.79 Å². The summed E-state index contributed by atoms with van der Waals surface area (Å²) in [5.41, 5.74) is 0.396. The van der Waals surface area contributed by atoms with Gasteiger partial charge in [0.15, 0.2) is 0 Å². The van der Waals surface area contributed by atoms with Gasteiger partial charge in [0.2, 0.25) is 0 Å². The van der Waals surface area contributed by atoms with Crippen molar-refractivity contribution in [1.82, 2.24) is 0 Å². The predicted molar refractivity (Wildman–Crippen MR) is 69.9 cm³/mol. The molecule has 0 radical (unpaired) electrons. The van der Waals surface area contributed by atoms with Gasteiger partial charge in [-0.2, -0.15) is 0 Å². The van der Waals surface area contributed by atoms with E-state index in [0.717, 1.165) is 6.42 Å². The molecule has 0 bridgehead atoms. The van der Waals surface area contributed by atoms with Crippen LogP contribution in [-0.4, -0.2) is 25.3 Å². The average Bonchev–Trinajstić information content (AvgIpc) is 2.32. The van der Waals surface area contributed by atoms with Gasteiger partial charge in [-0.25, -0.2) is 4.79 Å². The van der Waals surface area contributed by atoms with Crippen molar-refractivity contribution in [3.63, 3.8) is 0 Å². The highest BCUT2D eigenvalue weighted by atomic mass is 16.5. The fourth-order valence-electron chi connectivity index (χ4n) is 1.48. The van der Waals surface area contributed by atoms with Gasteiger partial charge in [-0.1, -0.05) is 39.2 Å². The standard InChI is InChI=1S/C14H26O3/c1-5-7-8-9-10-13(4)17-11-12(3)14(15)16-6-2/h13H,3,5-11H2,1-2,4H3. The van der Waals surface area contributed by atoms with Crippen LogP contribution in [0.25, 0.3) is 0 Å². The molecule has 0 fully saturated rings. The molecule has 0 aliphatic heterocycles. The normalized spacial score (nSPS) is 12.2. The second kappa shape index (κ2) is 10.3. The van der Waals surface area contributed by atoms with Crippen LogP contribution in [0.4, 0.5) is 0 Å². The maximum absolute atomic E-state index is 11.3. The van der Waals surface area contributed by atoms with E-state index < -0.39 is 0 Å². The number of hydrogen-bond acceptors (Lipinski definition) is 3. The molecule has 0 aromatic rings. The highest BCUT2D eigenvalue weighted by molar-refractivity contribution is 5.87. The monoisotopic (exact) mass is 242 g/mol. The molecule has 0 aliphatic rings. The van der Waals surface area contributed by atoms with Gasteiger partial charge in [0, 0.05) is 0 Å². The Bertz CT molecular complexity index is 224. The highest BCUT2D eigenvalue weighted by Crippen LogP contribution is 2.09. The molecule has 0 N–H and O–H groups in total. The molecule has 0 aromatic carbocycles. The summed E-state index contributed by atoms with van der Waals surface area (Å²) in [4.78, 5) is 11.3. The van der Waals surface area contributed by atoms with Crippen molar-refractivity contribution in [2.75, 3.05) is 13.2 Å². The molecule has 0 saturated heterocycles. The van der Waals surface area contributed by atoms with Gasteiger partial charge in [0.05, 0.1) is 24.9 Å². The first kappa shape index (κ1) is 16.2. The Morgan fingerprint density at radius 2 is 1.94 bits per heavy atom. The largest absolute Gasteiger partial charge is 0.463 e. The van der Waals surface area contributed by atoms with Crippen LogP contribution < -0.4 is 0 Å². The third-order valence-corrected chi connectivity index (χ3v) is 2.57. The Labute approximate surface area is 105 Å². The quantitative estimate of drug-likeness (QED) is 0.334. The average molecular weight is 242 g/mol. The van der Waals surface area contributed by atoms with Gasteiger partial charge in [-0.15, -0.1) is 0 Å². The topological polar surface area (TPSA) is 35.5 Å². The number of carbonyl (C=O) groups is 1. The molecule has 0 aromatic heterocycles. The summed E-state index contributed by atoms with van der Waals surface area (Å²) in [6.45, 7) is 10.3. The first-order valence-corrected chi connectivity index (χ1v) is 6.58. The lowest BCUT2D eigenvalue weighted by molar-refractivity contribution is -0.139. The van der Waals surface area contributed by atoms with Gasteiger partial charge >= 0.3 is 5.97 Å². The summed E-state index contributed by atoms with van der Waals surface area (Å²) in [5, 5.41) is 0. The third-order valence-electron chi connectivity index (χ3n) is 2.57. The predicted octanol–water partition coefficient (Wildman–Crippen LogP) is 3.48. The second-order valence-corrected chi connectivity index (χ2v) is 4.29. The maximum Gasteiger partial charge on any atom is 0.335 e. The minimum Gasteiger partial charge on any atom is -0.463 e. The van der Waals surface area contributed by atoms with E-state index in [1.54, 1.807) is 6.92 Å². The van der Waals surface area contributed by atoms with E-state index in [1.165, 1.54) is 25.7 Å². The minimum atomic E-state index is -0.356. The molecule has 1 atom stereocenters. The van der Waals surface area contributed by atoms with E-state index in [1.807, 2.05) is 6.92 Å². The zero-order valence-electron chi connectivity index (χ0n) is 11.5. The lowest BCUT2D eigenvalue weighted by Crippen LogP contribution is -2.16. The smallest absolute Gasteiger partial charge is 0.335 e. The Hall–Kier alpha value is -0.830. The van der Waals surface area contributed by atoms with Gasteiger partial charge in [-0.3, -0.25) is 0 Å². The van der Waals surface area contributed by atoms with Crippen molar-refractivity contribution in [2.45, 2.75) is 59.0 Å². The molecule has 0 heterocycles. The highest BCUT2D eigenvalue weighted by Gasteiger charge is 2.09. The molecule has 0 aliphatic carbocycles. The van der Waals surface area contributed by atoms with Crippen LogP contribution in [0, 0.1) is 0 Å². The Morgan fingerprint density at radius 1 is 1.24 bits per heavy atom. The van der Waals surface area contributed by atoms with Crippen molar-refractivity contribution >= 4 is 5.97 Å². The zero-order chi connectivity index (χ0) is 13.1. The number of unbranched alkanes of at least 4 members (excludes halogenated alkanes) is 3. The Balaban J connectivity index is 3.58. The molecular weight excluding hydrogens is 216 g/mol. The molecule has 3 nitrogen and oxygen atoms in total. The Kier molecular flexibility index (Phi) is 9.83. The van der Waals surface area contributed by atoms with Crippen LogP contribution in [0.1, 0.15) is 52.9 Å². The van der Waals surface area contributed by atoms with Crippen LogP contribution in [0.15, 0.2) is 12.2 Å². The molecule has 100 valence electrons. The lowest BCUT2D eigenvalue weighted by atomic mass is 10.1. The van der Waals surface area contributed by atoms with Crippen LogP contribution >= 0.6 is 0 Å². The minimum absolute atomic E-state index is 0.179.